The molecule has 0 saturated carbocycles. The topological polar surface area (TPSA) is 93.8 Å². The van der Waals surface area contributed by atoms with Crippen LogP contribution in [0.1, 0.15) is 26.5 Å². The first-order valence-corrected chi connectivity index (χ1v) is 8.72. The summed E-state index contributed by atoms with van der Waals surface area (Å²) in [6, 6.07) is 3.94. The van der Waals surface area contributed by atoms with Gasteiger partial charge in [0.15, 0.2) is 11.4 Å². The maximum absolute atomic E-state index is 12.2. The fraction of sp³-hybridized carbons (Fsp3) is 0.167. The fourth-order valence-electron chi connectivity index (χ4n) is 2.70. The van der Waals surface area contributed by atoms with Crippen molar-refractivity contribution in [2.24, 2.45) is 0 Å². The van der Waals surface area contributed by atoms with Gasteiger partial charge < -0.3 is 9.84 Å². The number of anilines is 1. The predicted octanol–water partition coefficient (Wildman–Crippen LogP) is 3.92. The van der Waals surface area contributed by atoms with Gasteiger partial charge in [0.25, 0.3) is 5.91 Å². The molecule has 8 heteroatoms. The number of nitrogens with zero attached hydrogens (tertiary/aromatic N) is 4. The molecule has 1 aromatic carbocycles. The van der Waals surface area contributed by atoms with Crippen molar-refractivity contribution in [2.75, 3.05) is 5.32 Å². The third kappa shape index (κ3) is 2.84. The molecule has 0 fully saturated rings. The van der Waals surface area contributed by atoms with Crippen molar-refractivity contribution < 1.29 is 9.32 Å². The van der Waals surface area contributed by atoms with Gasteiger partial charge in [-0.2, -0.15) is 0 Å². The average molecular weight is 365 g/mol. The van der Waals surface area contributed by atoms with E-state index in [0.29, 0.717) is 22.0 Å². The smallest absolute Gasteiger partial charge is 0.268 e. The third-order valence-electron chi connectivity index (χ3n) is 4.12. The molecule has 0 aliphatic heterocycles. The molecule has 7 nitrogen and oxygen atoms in total. The Morgan fingerprint density at radius 3 is 2.62 bits per heavy atom. The van der Waals surface area contributed by atoms with Crippen molar-refractivity contribution in [1.82, 2.24) is 19.5 Å². The molecule has 0 radical (unpaired) electrons. The molecule has 0 atom stereocenters. The highest BCUT2D eigenvalue weighted by atomic mass is 32.1. The number of hydrogen-bond acceptors (Lipinski definition) is 7. The van der Waals surface area contributed by atoms with E-state index in [0.717, 1.165) is 39.3 Å². The zero-order valence-electron chi connectivity index (χ0n) is 14.4. The maximum Gasteiger partial charge on any atom is 0.268 e. The fourth-order valence-corrected chi connectivity index (χ4v) is 3.35. The molecule has 4 aromatic rings. The molecule has 130 valence electrons. The molecule has 0 aliphatic carbocycles. The van der Waals surface area contributed by atoms with E-state index in [1.807, 2.05) is 32.9 Å². The number of aromatic nitrogens is 4. The first kappa shape index (κ1) is 16.3. The van der Waals surface area contributed by atoms with E-state index >= 15 is 0 Å². The summed E-state index contributed by atoms with van der Waals surface area (Å²) in [6.07, 6.45) is 4.84. The number of benzene rings is 1. The lowest BCUT2D eigenvalue weighted by Crippen LogP contribution is -2.12. The van der Waals surface area contributed by atoms with Gasteiger partial charge in [-0.3, -0.25) is 9.78 Å². The van der Waals surface area contributed by atoms with E-state index in [2.05, 4.69) is 24.8 Å². The molecule has 0 aliphatic rings. The van der Waals surface area contributed by atoms with Gasteiger partial charge in [0, 0.05) is 17.1 Å². The number of carbonyl (C=O) groups excluding carboxylic acids is 1. The van der Waals surface area contributed by atoms with Crippen molar-refractivity contribution >= 4 is 34.2 Å². The van der Waals surface area contributed by atoms with E-state index in [-0.39, 0.29) is 5.91 Å². The van der Waals surface area contributed by atoms with Crippen molar-refractivity contribution in [3.8, 4) is 11.3 Å². The van der Waals surface area contributed by atoms with Gasteiger partial charge in [0.2, 0.25) is 0 Å². The Morgan fingerprint density at radius 2 is 1.92 bits per heavy atom. The standard InChI is InChI=1S/C18H15N5O2S/c1-9-4-13-11(3)23-25-15(13)5-12(9)14-7-20-16(8-19-14)22-18(24)17-10(2)6-21-26-17/h4-8H,1-3H3,(H,20,22,24). The Kier molecular flexibility index (Phi) is 3.96. The van der Waals surface area contributed by atoms with Crippen molar-refractivity contribution in [1.29, 1.82) is 0 Å². The molecule has 0 saturated heterocycles. The predicted molar refractivity (Wildman–Crippen MR) is 99.3 cm³/mol. The highest BCUT2D eigenvalue weighted by Gasteiger charge is 2.14. The van der Waals surface area contributed by atoms with Crippen LogP contribution >= 0.6 is 11.5 Å². The molecule has 0 bridgehead atoms. The second-order valence-electron chi connectivity index (χ2n) is 6.01. The van der Waals surface area contributed by atoms with Crippen LogP contribution in [0.5, 0.6) is 0 Å². The molecular weight excluding hydrogens is 350 g/mol. The molecule has 1 amide bonds. The van der Waals surface area contributed by atoms with Gasteiger partial charge in [-0.15, -0.1) is 0 Å². The number of rotatable bonds is 3. The number of fused-ring (bicyclic) bond motifs is 1. The van der Waals surface area contributed by atoms with Gasteiger partial charge in [0.05, 0.1) is 23.8 Å². The van der Waals surface area contributed by atoms with Gasteiger partial charge in [-0.25, -0.2) is 9.36 Å². The monoisotopic (exact) mass is 365 g/mol. The Labute approximate surface area is 153 Å². The van der Waals surface area contributed by atoms with E-state index < -0.39 is 0 Å². The average Bonchev–Trinajstić information content (AvgIpc) is 3.21. The molecular formula is C18H15N5O2S. The number of amides is 1. The summed E-state index contributed by atoms with van der Waals surface area (Å²) >= 11 is 1.16. The second kappa shape index (κ2) is 6.30. The van der Waals surface area contributed by atoms with Crippen LogP contribution in [-0.2, 0) is 0 Å². The van der Waals surface area contributed by atoms with Crippen molar-refractivity contribution in [3.05, 3.63) is 52.4 Å². The first-order chi connectivity index (χ1) is 12.5. The van der Waals surface area contributed by atoms with E-state index in [1.165, 1.54) is 0 Å². The molecule has 3 aromatic heterocycles. The Balaban J connectivity index is 1.61. The Morgan fingerprint density at radius 1 is 1.08 bits per heavy atom. The quantitative estimate of drug-likeness (QED) is 0.591. The van der Waals surface area contributed by atoms with Crippen LogP contribution in [0.4, 0.5) is 5.82 Å². The van der Waals surface area contributed by atoms with Crippen LogP contribution in [0.25, 0.3) is 22.2 Å². The van der Waals surface area contributed by atoms with Gasteiger partial charge in [-0.05, 0) is 55.6 Å². The maximum atomic E-state index is 12.2. The summed E-state index contributed by atoms with van der Waals surface area (Å²) in [7, 11) is 0. The minimum Gasteiger partial charge on any atom is -0.356 e. The van der Waals surface area contributed by atoms with Crippen molar-refractivity contribution in [2.45, 2.75) is 20.8 Å². The zero-order valence-corrected chi connectivity index (χ0v) is 15.2. The van der Waals surface area contributed by atoms with E-state index in [1.54, 1.807) is 18.6 Å². The highest BCUT2D eigenvalue weighted by molar-refractivity contribution is 7.08. The SMILES string of the molecule is Cc1cc2c(C)noc2cc1-c1cnc(NC(=O)c2sncc2C)cn1. The first-order valence-electron chi connectivity index (χ1n) is 7.94. The second-order valence-corrected chi connectivity index (χ2v) is 6.81. The Bertz CT molecular complexity index is 1110. The van der Waals surface area contributed by atoms with Gasteiger partial charge in [-0.1, -0.05) is 5.16 Å². The minimum atomic E-state index is -0.234. The van der Waals surface area contributed by atoms with E-state index in [4.69, 9.17) is 4.52 Å². The molecule has 26 heavy (non-hydrogen) atoms. The summed E-state index contributed by atoms with van der Waals surface area (Å²) in [5.74, 6) is 0.155. The van der Waals surface area contributed by atoms with Crippen LogP contribution in [0, 0.1) is 20.8 Å². The van der Waals surface area contributed by atoms with E-state index in [9.17, 15) is 4.79 Å². The van der Waals surface area contributed by atoms with Crippen LogP contribution in [0.3, 0.4) is 0 Å². The number of hydrogen-bond donors (Lipinski definition) is 1. The summed E-state index contributed by atoms with van der Waals surface area (Å²) in [4.78, 5) is 21.5. The lowest BCUT2D eigenvalue weighted by molar-refractivity contribution is 0.102. The molecule has 1 N–H and O–H groups in total. The van der Waals surface area contributed by atoms with Crippen LogP contribution in [0.2, 0.25) is 0 Å². The lowest BCUT2D eigenvalue weighted by atomic mass is 10.0. The van der Waals surface area contributed by atoms with Crippen LogP contribution < -0.4 is 5.32 Å². The Hall–Kier alpha value is -3.13. The summed E-state index contributed by atoms with van der Waals surface area (Å²) in [5.41, 5.74) is 5.07. The van der Waals surface area contributed by atoms with Gasteiger partial charge in [0.1, 0.15) is 4.88 Å². The minimum absolute atomic E-state index is 0.234. The molecule has 3 heterocycles. The van der Waals surface area contributed by atoms with Crippen molar-refractivity contribution in [3.63, 3.8) is 0 Å². The molecule has 0 unspecified atom stereocenters. The third-order valence-corrected chi connectivity index (χ3v) is 5.02. The summed E-state index contributed by atoms with van der Waals surface area (Å²) in [6.45, 7) is 5.76. The van der Waals surface area contributed by atoms with Gasteiger partial charge >= 0.3 is 0 Å². The number of carbonyl (C=O) groups is 1. The number of aryl methyl sites for hydroxylation is 3. The lowest BCUT2D eigenvalue weighted by Gasteiger charge is -2.07. The normalized spacial score (nSPS) is 11.0. The zero-order chi connectivity index (χ0) is 18.3. The van der Waals surface area contributed by atoms with Crippen LogP contribution in [-0.4, -0.2) is 25.4 Å². The van der Waals surface area contributed by atoms with Crippen LogP contribution in [0.15, 0.2) is 35.2 Å². The number of nitrogens with one attached hydrogen (secondary N) is 1. The summed E-state index contributed by atoms with van der Waals surface area (Å²) in [5, 5.41) is 7.72. The summed E-state index contributed by atoms with van der Waals surface area (Å²) < 4.78 is 9.34. The largest absolute Gasteiger partial charge is 0.356 e. The highest BCUT2D eigenvalue weighted by Crippen LogP contribution is 2.28. The molecule has 0 spiro atoms. The molecule has 4 rings (SSSR count).